The maximum absolute atomic E-state index is 6.18. The second-order valence-corrected chi connectivity index (χ2v) is 6.76. The van der Waals surface area contributed by atoms with Gasteiger partial charge in [0.1, 0.15) is 11.4 Å². The van der Waals surface area contributed by atoms with E-state index < -0.39 is 0 Å². The lowest BCUT2D eigenvalue weighted by Crippen LogP contribution is -2.61. The van der Waals surface area contributed by atoms with Crippen molar-refractivity contribution in [3.8, 4) is 0 Å². The van der Waals surface area contributed by atoms with Gasteiger partial charge < -0.3 is 4.74 Å². The van der Waals surface area contributed by atoms with Gasteiger partial charge in [-0.15, -0.1) is 0 Å². The first kappa shape index (κ1) is 13.6. The van der Waals surface area contributed by atoms with Crippen LogP contribution in [0.1, 0.15) is 12.8 Å². The predicted molar refractivity (Wildman–Crippen MR) is 83.2 cm³/mol. The van der Waals surface area contributed by atoms with Crippen LogP contribution in [0.4, 0.5) is 5.82 Å². The fourth-order valence-electron chi connectivity index (χ4n) is 3.54. The third-order valence-corrected chi connectivity index (χ3v) is 5.37. The summed E-state index contributed by atoms with van der Waals surface area (Å²) in [7, 11) is 0. The van der Waals surface area contributed by atoms with Crippen molar-refractivity contribution in [2.24, 2.45) is 10.9 Å². The summed E-state index contributed by atoms with van der Waals surface area (Å²) in [5, 5.41) is 3.99. The van der Waals surface area contributed by atoms with Gasteiger partial charge in [-0.25, -0.2) is 9.98 Å². The molecule has 1 N–H and O–H groups in total. The Hall–Kier alpha value is -1.04. The van der Waals surface area contributed by atoms with E-state index in [0.29, 0.717) is 27.8 Å². The van der Waals surface area contributed by atoms with Crippen LogP contribution in [0.25, 0.3) is 0 Å². The number of fused-ring (bicyclic) bond motifs is 2. The van der Waals surface area contributed by atoms with E-state index in [1.165, 1.54) is 32.1 Å². The maximum Gasteiger partial charge on any atom is 0.291 e. The number of piperidine rings is 3. The minimum Gasteiger partial charge on any atom is -0.455 e. The lowest BCUT2D eigenvalue weighted by atomic mass is 9.75. The molecule has 4 aliphatic rings. The second kappa shape index (κ2) is 5.00. The largest absolute Gasteiger partial charge is 0.455 e. The zero-order valence-corrected chi connectivity index (χ0v) is 13.0. The predicted octanol–water partition coefficient (Wildman–Crippen LogP) is 2.65. The van der Waals surface area contributed by atoms with Crippen molar-refractivity contribution >= 4 is 35.0 Å². The third-order valence-electron chi connectivity index (χ3n) is 4.66. The monoisotopic (exact) mass is 326 g/mol. The summed E-state index contributed by atoms with van der Waals surface area (Å²) >= 11 is 11.9. The number of halogens is 2. The lowest BCUT2D eigenvalue weighted by molar-refractivity contribution is -0.0829. The number of hydrogen-bond acceptors (Lipinski definition) is 5. The molecule has 3 fully saturated rings. The topological polar surface area (TPSA) is 49.8 Å². The van der Waals surface area contributed by atoms with Crippen LogP contribution in [0.15, 0.2) is 17.3 Å². The molecule has 21 heavy (non-hydrogen) atoms. The highest BCUT2D eigenvalue weighted by Crippen LogP contribution is 2.40. The number of aromatic nitrogens is 1. The van der Waals surface area contributed by atoms with E-state index in [-0.39, 0.29) is 5.60 Å². The summed E-state index contributed by atoms with van der Waals surface area (Å²) < 4.78 is 6.18. The zero-order chi connectivity index (χ0) is 14.4. The van der Waals surface area contributed by atoms with Gasteiger partial charge >= 0.3 is 0 Å². The Morgan fingerprint density at radius 2 is 2.10 bits per heavy atom. The standard InChI is InChI=1S/C14H16Cl2N4O/c15-10-5-12(17-6-11(10)16)19-13-18-7-14(21-13)8-20-3-1-9(14)2-4-20/h5-6,9H,1-4,7-8H2,(H,17,18,19)/t14-/m0/s1. The first-order valence-corrected chi connectivity index (χ1v) is 7.94. The molecule has 0 saturated carbocycles. The van der Waals surface area contributed by atoms with E-state index in [1.807, 2.05) is 0 Å². The van der Waals surface area contributed by atoms with Crippen LogP contribution in [0, 0.1) is 5.92 Å². The van der Waals surface area contributed by atoms with Crippen molar-refractivity contribution in [2.45, 2.75) is 18.4 Å². The van der Waals surface area contributed by atoms with E-state index in [0.717, 1.165) is 13.1 Å². The smallest absolute Gasteiger partial charge is 0.291 e. The van der Waals surface area contributed by atoms with Crippen LogP contribution in [0.2, 0.25) is 10.0 Å². The van der Waals surface area contributed by atoms with Crippen molar-refractivity contribution in [1.29, 1.82) is 0 Å². The Morgan fingerprint density at radius 3 is 2.76 bits per heavy atom. The normalized spacial score (nSPS) is 33.9. The number of nitrogens with zero attached hydrogens (tertiary/aromatic N) is 3. The van der Waals surface area contributed by atoms with E-state index in [9.17, 15) is 0 Å². The highest BCUT2D eigenvalue weighted by atomic mass is 35.5. The van der Waals surface area contributed by atoms with E-state index in [4.69, 9.17) is 27.9 Å². The van der Waals surface area contributed by atoms with Gasteiger partial charge in [0.2, 0.25) is 0 Å². The number of ether oxygens (including phenoxy) is 1. The van der Waals surface area contributed by atoms with Gasteiger partial charge in [-0.05, 0) is 25.9 Å². The van der Waals surface area contributed by atoms with Crippen molar-refractivity contribution in [1.82, 2.24) is 9.88 Å². The summed E-state index contributed by atoms with van der Waals surface area (Å²) in [6.07, 6.45) is 3.92. The number of nitrogens with one attached hydrogen (secondary N) is 1. The Bertz CT molecular complexity index is 601. The molecule has 1 spiro atoms. The lowest BCUT2D eigenvalue weighted by Gasteiger charge is -2.50. The summed E-state index contributed by atoms with van der Waals surface area (Å²) in [6.45, 7) is 4.07. The molecule has 3 saturated heterocycles. The van der Waals surface area contributed by atoms with Crippen LogP contribution in [-0.4, -0.2) is 47.7 Å². The molecule has 4 aliphatic heterocycles. The van der Waals surface area contributed by atoms with Crippen LogP contribution in [0.5, 0.6) is 0 Å². The van der Waals surface area contributed by atoms with Crippen molar-refractivity contribution < 1.29 is 4.74 Å². The highest BCUT2D eigenvalue weighted by Gasteiger charge is 2.51. The molecule has 7 heteroatoms. The molecule has 2 bridgehead atoms. The molecule has 0 aromatic carbocycles. The van der Waals surface area contributed by atoms with E-state index in [2.05, 4.69) is 20.2 Å². The van der Waals surface area contributed by atoms with Gasteiger partial charge in [0, 0.05) is 24.7 Å². The van der Waals surface area contributed by atoms with Gasteiger partial charge in [-0.1, -0.05) is 23.2 Å². The molecule has 5 heterocycles. The van der Waals surface area contributed by atoms with Crippen LogP contribution < -0.4 is 5.32 Å². The third kappa shape index (κ3) is 2.37. The van der Waals surface area contributed by atoms with Crippen LogP contribution in [0.3, 0.4) is 0 Å². The molecule has 1 atom stereocenters. The highest BCUT2D eigenvalue weighted by molar-refractivity contribution is 6.42. The first-order chi connectivity index (χ1) is 10.1. The van der Waals surface area contributed by atoms with Crippen molar-refractivity contribution in [2.75, 3.05) is 31.5 Å². The number of amidine groups is 1. The molecule has 0 amide bonds. The molecule has 1 aromatic rings. The fourth-order valence-corrected chi connectivity index (χ4v) is 3.79. The molecular weight excluding hydrogens is 311 g/mol. The average molecular weight is 327 g/mol. The summed E-state index contributed by atoms with van der Waals surface area (Å²) in [6, 6.07) is 2.21. The summed E-state index contributed by atoms with van der Waals surface area (Å²) in [5.41, 5.74) is -0.144. The minimum atomic E-state index is -0.144. The van der Waals surface area contributed by atoms with Crippen LogP contribution in [-0.2, 0) is 4.74 Å². The Morgan fingerprint density at radius 1 is 1.29 bits per heavy atom. The van der Waals surface area contributed by atoms with E-state index in [1.54, 1.807) is 6.07 Å². The number of anilines is 1. The number of hydrogen-bond donors (Lipinski definition) is 1. The Labute approximate surface area is 133 Å². The molecule has 0 radical (unpaired) electrons. The van der Waals surface area contributed by atoms with Crippen LogP contribution >= 0.6 is 23.2 Å². The van der Waals surface area contributed by atoms with Gasteiger partial charge in [-0.3, -0.25) is 10.2 Å². The minimum absolute atomic E-state index is 0.144. The van der Waals surface area contributed by atoms with Gasteiger partial charge in [0.15, 0.2) is 0 Å². The SMILES string of the molecule is Clc1cnc(NC2=NC[C@@]3(CN4CCC3CC4)O2)cc1Cl. The number of aliphatic imine (C=N–C) groups is 1. The molecule has 5 rings (SSSR count). The Balaban J connectivity index is 1.47. The first-order valence-electron chi connectivity index (χ1n) is 7.18. The van der Waals surface area contributed by atoms with E-state index >= 15 is 0 Å². The number of rotatable bonds is 1. The maximum atomic E-state index is 6.18. The molecule has 112 valence electrons. The fraction of sp³-hybridized carbons (Fsp3) is 0.571. The van der Waals surface area contributed by atoms with Gasteiger partial charge in [-0.2, -0.15) is 0 Å². The quantitative estimate of drug-likeness (QED) is 0.862. The summed E-state index contributed by atoms with van der Waals surface area (Å²) in [4.78, 5) is 11.2. The molecule has 1 aromatic heterocycles. The second-order valence-electron chi connectivity index (χ2n) is 5.95. The zero-order valence-electron chi connectivity index (χ0n) is 11.5. The van der Waals surface area contributed by atoms with Crippen molar-refractivity contribution in [3.63, 3.8) is 0 Å². The molecular formula is C14H16Cl2N4O. The van der Waals surface area contributed by atoms with Gasteiger partial charge in [0.05, 0.1) is 16.6 Å². The molecule has 5 nitrogen and oxygen atoms in total. The number of pyridine rings is 1. The average Bonchev–Trinajstić information content (AvgIpc) is 2.87. The summed E-state index contributed by atoms with van der Waals surface area (Å²) in [5.74, 6) is 1.20. The van der Waals surface area contributed by atoms with Crippen molar-refractivity contribution in [3.05, 3.63) is 22.3 Å². The molecule has 0 aliphatic carbocycles. The Kier molecular flexibility index (Phi) is 3.24. The van der Waals surface area contributed by atoms with Gasteiger partial charge in [0.25, 0.3) is 6.02 Å². The molecule has 0 unspecified atom stereocenters.